The summed E-state index contributed by atoms with van der Waals surface area (Å²) in [5, 5.41) is 9.84. The summed E-state index contributed by atoms with van der Waals surface area (Å²) in [7, 11) is 0. The van der Waals surface area contributed by atoms with Crippen molar-refractivity contribution in [1.29, 1.82) is 0 Å². The molecule has 4 heteroatoms. The maximum Gasteiger partial charge on any atom is 0.336 e. The zero-order chi connectivity index (χ0) is 12.8. The number of aliphatic hydroxyl groups is 1. The predicted molar refractivity (Wildman–Crippen MR) is 62.5 cm³/mol. The van der Waals surface area contributed by atoms with Crippen molar-refractivity contribution < 1.29 is 19.4 Å². The van der Waals surface area contributed by atoms with Crippen LogP contribution in [-0.4, -0.2) is 29.6 Å². The van der Waals surface area contributed by atoms with E-state index in [1.165, 1.54) is 6.92 Å². The van der Waals surface area contributed by atoms with Crippen LogP contribution in [-0.2, 0) is 14.3 Å². The van der Waals surface area contributed by atoms with Crippen molar-refractivity contribution in [1.82, 2.24) is 0 Å². The molecule has 0 heterocycles. The van der Waals surface area contributed by atoms with Crippen molar-refractivity contribution in [2.75, 3.05) is 6.61 Å². The molecule has 17 heavy (non-hydrogen) atoms. The second-order valence-electron chi connectivity index (χ2n) is 3.70. The molecular weight excluding hydrogens is 220 g/mol. The van der Waals surface area contributed by atoms with Crippen LogP contribution in [0.15, 0.2) is 30.3 Å². The molecule has 0 saturated heterocycles. The van der Waals surface area contributed by atoms with Gasteiger partial charge in [-0.05, 0) is 19.4 Å². The van der Waals surface area contributed by atoms with E-state index >= 15 is 0 Å². The summed E-state index contributed by atoms with van der Waals surface area (Å²) in [4.78, 5) is 23.0. The molecule has 1 rings (SSSR count). The van der Waals surface area contributed by atoms with Crippen LogP contribution < -0.4 is 0 Å². The van der Waals surface area contributed by atoms with E-state index in [0.717, 1.165) is 0 Å². The monoisotopic (exact) mass is 236 g/mol. The molecule has 1 N–H and O–H groups in total. The van der Waals surface area contributed by atoms with E-state index in [9.17, 15) is 14.7 Å². The summed E-state index contributed by atoms with van der Waals surface area (Å²) in [6, 6.07) is 8.72. The van der Waals surface area contributed by atoms with Crippen molar-refractivity contribution in [3.8, 4) is 0 Å². The molecular formula is C13H16O4. The van der Waals surface area contributed by atoms with Gasteiger partial charge in [0.1, 0.15) is 5.78 Å². The number of esters is 1. The number of Topliss-reactive ketones (excluding diaryl/α,β-unsaturated/α-hetero) is 1. The molecule has 4 nitrogen and oxygen atoms in total. The van der Waals surface area contributed by atoms with Crippen molar-refractivity contribution in [3.05, 3.63) is 35.9 Å². The molecule has 0 aliphatic heterocycles. The van der Waals surface area contributed by atoms with Crippen LogP contribution in [0.3, 0.4) is 0 Å². The van der Waals surface area contributed by atoms with E-state index in [2.05, 4.69) is 0 Å². The normalized spacial score (nSPS) is 13.8. The van der Waals surface area contributed by atoms with Gasteiger partial charge < -0.3 is 9.84 Å². The molecule has 0 unspecified atom stereocenters. The molecule has 1 aromatic carbocycles. The van der Waals surface area contributed by atoms with Crippen LogP contribution >= 0.6 is 0 Å². The average Bonchev–Trinajstić information content (AvgIpc) is 2.30. The first-order valence-electron chi connectivity index (χ1n) is 5.48. The molecule has 0 bridgehead atoms. The SMILES string of the molecule is CCOC(=O)[C@@H](O)[C@@H](C(C)=O)c1ccccc1. The largest absolute Gasteiger partial charge is 0.464 e. The van der Waals surface area contributed by atoms with Gasteiger partial charge in [-0.3, -0.25) is 4.79 Å². The number of ketones is 1. The molecule has 2 atom stereocenters. The highest BCUT2D eigenvalue weighted by Gasteiger charge is 2.32. The number of hydrogen-bond donors (Lipinski definition) is 1. The molecule has 0 amide bonds. The summed E-state index contributed by atoms with van der Waals surface area (Å²) in [5.41, 5.74) is 0.612. The first-order chi connectivity index (χ1) is 8.07. The van der Waals surface area contributed by atoms with Gasteiger partial charge in [0.15, 0.2) is 6.10 Å². The molecule has 0 spiro atoms. The summed E-state index contributed by atoms with van der Waals surface area (Å²) in [6.07, 6.45) is -1.45. The summed E-state index contributed by atoms with van der Waals surface area (Å²) < 4.78 is 4.72. The van der Waals surface area contributed by atoms with Gasteiger partial charge in [-0.25, -0.2) is 4.79 Å². The van der Waals surface area contributed by atoms with E-state index in [0.29, 0.717) is 5.56 Å². The van der Waals surface area contributed by atoms with Crippen molar-refractivity contribution in [3.63, 3.8) is 0 Å². The third-order valence-electron chi connectivity index (χ3n) is 2.44. The van der Waals surface area contributed by atoms with Crippen LogP contribution in [0.5, 0.6) is 0 Å². The van der Waals surface area contributed by atoms with Gasteiger partial charge in [0.05, 0.1) is 12.5 Å². The number of benzene rings is 1. The Morgan fingerprint density at radius 3 is 2.35 bits per heavy atom. The molecule has 0 saturated carbocycles. The second-order valence-corrected chi connectivity index (χ2v) is 3.70. The lowest BCUT2D eigenvalue weighted by molar-refractivity contribution is -0.156. The van der Waals surface area contributed by atoms with Crippen LogP contribution in [0.4, 0.5) is 0 Å². The minimum absolute atomic E-state index is 0.176. The molecule has 0 radical (unpaired) electrons. The van der Waals surface area contributed by atoms with Crippen LogP contribution in [0.2, 0.25) is 0 Å². The Hall–Kier alpha value is -1.68. The van der Waals surface area contributed by atoms with E-state index < -0.39 is 18.0 Å². The lowest BCUT2D eigenvalue weighted by Gasteiger charge is -2.19. The number of carbonyl (C=O) groups excluding carboxylic acids is 2. The molecule has 0 aromatic heterocycles. The fourth-order valence-corrected chi connectivity index (χ4v) is 1.66. The fraction of sp³-hybridized carbons (Fsp3) is 0.385. The molecule has 0 fully saturated rings. The number of ether oxygens (including phenoxy) is 1. The van der Waals surface area contributed by atoms with Crippen molar-refractivity contribution in [2.45, 2.75) is 25.9 Å². The van der Waals surface area contributed by atoms with Gasteiger partial charge in [0.25, 0.3) is 0 Å². The minimum Gasteiger partial charge on any atom is -0.464 e. The van der Waals surface area contributed by atoms with Crippen molar-refractivity contribution in [2.24, 2.45) is 0 Å². The third-order valence-corrected chi connectivity index (χ3v) is 2.44. The van der Waals surface area contributed by atoms with Gasteiger partial charge in [0, 0.05) is 0 Å². The topological polar surface area (TPSA) is 63.6 Å². The van der Waals surface area contributed by atoms with Crippen LogP contribution in [0.1, 0.15) is 25.3 Å². The smallest absolute Gasteiger partial charge is 0.336 e. The molecule has 0 aliphatic carbocycles. The number of hydrogen-bond acceptors (Lipinski definition) is 4. The standard InChI is InChI=1S/C13H16O4/c1-3-17-13(16)12(15)11(9(2)14)10-7-5-4-6-8-10/h4-8,11-12,15H,3H2,1-2H3/t11-,12-/m0/s1. The van der Waals surface area contributed by atoms with E-state index in [4.69, 9.17) is 4.74 Å². The third kappa shape index (κ3) is 3.39. The first kappa shape index (κ1) is 13.4. The molecule has 92 valence electrons. The lowest BCUT2D eigenvalue weighted by atomic mass is 9.90. The zero-order valence-corrected chi connectivity index (χ0v) is 9.92. The quantitative estimate of drug-likeness (QED) is 0.782. The van der Waals surface area contributed by atoms with Gasteiger partial charge in [-0.2, -0.15) is 0 Å². The summed E-state index contributed by atoms with van der Waals surface area (Å²) >= 11 is 0. The molecule has 1 aromatic rings. The highest BCUT2D eigenvalue weighted by molar-refractivity contribution is 5.90. The maximum absolute atomic E-state index is 11.5. The molecule has 0 aliphatic rings. The van der Waals surface area contributed by atoms with Gasteiger partial charge in [-0.1, -0.05) is 30.3 Å². The van der Waals surface area contributed by atoms with Gasteiger partial charge in [-0.15, -0.1) is 0 Å². The number of rotatable bonds is 5. The summed E-state index contributed by atoms with van der Waals surface area (Å²) in [6.45, 7) is 3.17. The zero-order valence-electron chi connectivity index (χ0n) is 9.92. The van der Waals surface area contributed by atoms with Crippen molar-refractivity contribution >= 4 is 11.8 Å². The Labute approximate surface area is 100 Å². The van der Waals surface area contributed by atoms with E-state index in [1.807, 2.05) is 0 Å². The Kier molecular flexibility index (Phi) is 4.84. The Bertz CT molecular complexity index is 386. The minimum atomic E-state index is -1.45. The highest BCUT2D eigenvalue weighted by Crippen LogP contribution is 2.21. The average molecular weight is 236 g/mol. The Morgan fingerprint density at radius 1 is 1.29 bits per heavy atom. The number of carbonyl (C=O) groups is 2. The Balaban J connectivity index is 2.94. The summed E-state index contributed by atoms with van der Waals surface area (Å²) in [5.74, 6) is -1.90. The van der Waals surface area contributed by atoms with Gasteiger partial charge in [0.2, 0.25) is 0 Å². The fourth-order valence-electron chi connectivity index (χ4n) is 1.66. The second kappa shape index (κ2) is 6.15. The first-order valence-corrected chi connectivity index (χ1v) is 5.48. The highest BCUT2D eigenvalue weighted by atomic mass is 16.5. The van der Waals surface area contributed by atoms with Crippen LogP contribution in [0.25, 0.3) is 0 Å². The predicted octanol–water partition coefficient (Wildman–Crippen LogP) is 1.28. The maximum atomic E-state index is 11.5. The van der Waals surface area contributed by atoms with Crippen LogP contribution in [0, 0.1) is 0 Å². The van der Waals surface area contributed by atoms with E-state index in [-0.39, 0.29) is 12.4 Å². The lowest BCUT2D eigenvalue weighted by Crippen LogP contribution is -2.33. The van der Waals surface area contributed by atoms with Gasteiger partial charge >= 0.3 is 5.97 Å². The Morgan fingerprint density at radius 2 is 1.88 bits per heavy atom. The number of aliphatic hydroxyl groups excluding tert-OH is 1. The van der Waals surface area contributed by atoms with E-state index in [1.54, 1.807) is 37.3 Å².